The molecule has 0 radical (unpaired) electrons. The van der Waals surface area contributed by atoms with Gasteiger partial charge in [0, 0.05) is 12.6 Å². The Hall–Kier alpha value is -0.730. The molecule has 0 saturated carbocycles. The SMILES string of the molecule is C[C@H]1CN(C(=N)N)[C@H]1C. The highest BCUT2D eigenvalue weighted by atomic mass is 15.3. The molecule has 0 unspecified atom stereocenters. The first-order chi connectivity index (χ1) is 4.13. The molecule has 3 N–H and O–H groups in total. The van der Waals surface area contributed by atoms with Gasteiger partial charge in [-0.25, -0.2) is 0 Å². The van der Waals surface area contributed by atoms with Gasteiger partial charge in [0.1, 0.15) is 0 Å². The monoisotopic (exact) mass is 127 g/mol. The number of guanidine groups is 1. The summed E-state index contributed by atoms with van der Waals surface area (Å²) in [5.41, 5.74) is 5.26. The van der Waals surface area contributed by atoms with E-state index in [0.717, 1.165) is 6.54 Å². The van der Waals surface area contributed by atoms with Crippen LogP contribution in [0, 0.1) is 11.3 Å². The van der Waals surface area contributed by atoms with Crippen molar-refractivity contribution in [2.24, 2.45) is 11.7 Å². The predicted molar refractivity (Wildman–Crippen MR) is 37.2 cm³/mol. The predicted octanol–water partition coefficient (Wildman–Crippen LogP) is 0.220. The van der Waals surface area contributed by atoms with Crippen molar-refractivity contribution in [1.29, 1.82) is 5.41 Å². The second-order valence-corrected chi connectivity index (χ2v) is 2.76. The summed E-state index contributed by atoms with van der Waals surface area (Å²) in [7, 11) is 0. The maximum Gasteiger partial charge on any atom is 0.188 e. The fraction of sp³-hybridized carbons (Fsp3) is 0.833. The lowest BCUT2D eigenvalue weighted by Crippen LogP contribution is -2.58. The van der Waals surface area contributed by atoms with Crippen LogP contribution in [0.4, 0.5) is 0 Å². The topological polar surface area (TPSA) is 53.1 Å². The number of nitrogens with zero attached hydrogens (tertiary/aromatic N) is 1. The summed E-state index contributed by atoms with van der Waals surface area (Å²) < 4.78 is 0. The van der Waals surface area contributed by atoms with Crippen LogP contribution in [0.15, 0.2) is 0 Å². The zero-order valence-electron chi connectivity index (χ0n) is 5.89. The summed E-state index contributed by atoms with van der Waals surface area (Å²) in [6, 6.07) is 0.475. The van der Waals surface area contributed by atoms with E-state index >= 15 is 0 Å². The van der Waals surface area contributed by atoms with Crippen LogP contribution in [0.1, 0.15) is 13.8 Å². The van der Waals surface area contributed by atoms with Crippen molar-refractivity contribution in [3.8, 4) is 0 Å². The van der Waals surface area contributed by atoms with Gasteiger partial charge in [0.15, 0.2) is 5.96 Å². The highest BCUT2D eigenvalue weighted by Gasteiger charge is 2.32. The van der Waals surface area contributed by atoms with E-state index in [9.17, 15) is 0 Å². The van der Waals surface area contributed by atoms with E-state index in [1.165, 1.54) is 0 Å². The second-order valence-electron chi connectivity index (χ2n) is 2.76. The van der Waals surface area contributed by atoms with Gasteiger partial charge < -0.3 is 10.6 Å². The van der Waals surface area contributed by atoms with Crippen molar-refractivity contribution in [3.63, 3.8) is 0 Å². The van der Waals surface area contributed by atoms with Gasteiger partial charge in [-0.1, -0.05) is 6.92 Å². The fourth-order valence-corrected chi connectivity index (χ4v) is 1.12. The minimum absolute atomic E-state index is 0.209. The molecule has 1 rings (SSSR count). The number of hydrogen-bond acceptors (Lipinski definition) is 1. The Bertz CT molecular complexity index is 132. The van der Waals surface area contributed by atoms with Crippen molar-refractivity contribution in [2.75, 3.05) is 6.54 Å². The van der Waals surface area contributed by atoms with E-state index in [4.69, 9.17) is 11.1 Å². The van der Waals surface area contributed by atoms with E-state index in [1.807, 2.05) is 4.90 Å². The van der Waals surface area contributed by atoms with Crippen LogP contribution in [-0.4, -0.2) is 23.4 Å². The Morgan fingerprint density at radius 2 is 2.22 bits per heavy atom. The van der Waals surface area contributed by atoms with Crippen LogP contribution < -0.4 is 5.73 Å². The molecule has 2 atom stereocenters. The summed E-state index contributed by atoms with van der Waals surface area (Å²) in [4.78, 5) is 1.89. The fourth-order valence-electron chi connectivity index (χ4n) is 1.12. The van der Waals surface area contributed by atoms with Crippen LogP contribution in [0.2, 0.25) is 0 Å². The van der Waals surface area contributed by atoms with E-state index in [0.29, 0.717) is 12.0 Å². The molecule has 1 aliphatic rings. The maximum atomic E-state index is 7.08. The first-order valence-corrected chi connectivity index (χ1v) is 3.23. The quantitative estimate of drug-likeness (QED) is 0.361. The molecule has 3 nitrogen and oxygen atoms in total. The molecule has 1 saturated heterocycles. The lowest BCUT2D eigenvalue weighted by atomic mass is 9.93. The van der Waals surface area contributed by atoms with Gasteiger partial charge in [0.05, 0.1) is 0 Å². The Morgan fingerprint density at radius 1 is 1.67 bits per heavy atom. The first kappa shape index (κ1) is 6.39. The molecule has 0 bridgehead atoms. The van der Waals surface area contributed by atoms with E-state index < -0.39 is 0 Å². The van der Waals surface area contributed by atoms with Crippen molar-refractivity contribution in [2.45, 2.75) is 19.9 Å². The highest BCUT2D eigenvalue weighted by Crippen LogP contribution is 2.22. The van der Waals surface area contributed by atoms with Gasteiger partial charge in [-0.3, -0.25) is 5.41 Å². The Morgan fingerprint density at radius 3 is 2.33 bits per heavy atom. The third-order valence-electron chi connectivity index (χ3n) is 2.11. The summed E-state index contributed by atoms with van der Waals surface area (Å²) in [5.74, 6) is 0.912. The molecule has 52 valence electrons. The molecule has 1 fully saturated rings. The van der Waals surface area contributed by atoms with E-state index in [-0.39, 0.29) is 5.96 Å². The number of rotatable bonds is 0. The molecular weight excluding hydrogens is 114 g/mol. The van der Waals surface area contributed by atoms with Crippen LogP contribution in [0.3, 0.4) is 0 Å². The molecule has 0 spiro atoms. The standard InChI is InChI=1S/C6H13N3/c1-4-3-9(5(4)2)6(7)8/h4-5H,3H2,1-2H3,(H3,7,8)/t4-,5-/m0/s1. The van der Waals surface area contributed by atoms with Crippen LogP contribution >= 0.6 is 0 Å². The van der Waals surface area contributed by atoms with Crippen molar-refractivity contribution in [1.82, 2.24) is 4.90 Å². The number of likely N-dealkylation sites (tertiary alicyclic amines) is 1. The van der Waals surface area contributed by atoms with Gasteiger partial charge in [0.25, 0.3) is 0 Å². The van der Waals surface area contributed by atoms with Crippen LogP contribution in [0.25, 0.3) is 0 Å². The highest BCUT2D eigenvalue weighted by molar-refractivity contribution is 5.75. The number of hydrogen-bond donors (Lipinski definition) is 2. The largest absolute Gasteiger partial charge is 0.370 e. The molecule has 1 aliphatic heterocycles. The minimum Gasteiger partial charge on any atom is -0.370 e. The van der Waals surface area contributed by atoms with Gasteiger partial charge in [-0.05, 0) is 12.8 Å². The summed E-state index contributed by atoms with van der Waals surface area (Å²) in [6.07, 6.45) is 0. The molecule has 0 aromatic rings. The third-order valence-corrected chi connectivity index (χ3v) is 2.11. The van der Waals surface area contributed by atoms with Crippen molar-refractivity contribution < 1.29 is 0 Å². The molecule has 0 aromatic heterocycles. The summed E-state index contributed by atoms with van der Waals surface area (Å²) in [6.45, 7) is 5.22. The zero-order chi connectivity index (χ0) is 7.02. The number of nitrogens with one attached hydrogen (secondary N) is 1. The first-order valence-electron chi connectivity index (χ1n) is 3.23. The number of nitrogens with two attached hydrogens (primary N) is 1. The van der Waals surface area contributed by atoms with E-state index in [1.54, 1.807) is 0 Å². The molecular formula is C6H13N3. The van der Waals surface area contributed by atoms with Crippen molar-refractivity contribution in [3.05, 3.63) is 0 Å². The summed E-state index contributed by atoms with van der Waals surface area (Å²) >= 11 is 0. The van der Waals surface area contributed by atoms with Gasteiger partial charge >= 0.3 is 0 Å². The Labute approximate surface area is 55.3 Å². The third kappa shape index (κ3) is 0.866. The van der Waals surface area contributed by atoms with Gasteiger partial charge in [-0.2, -0.15) is 0 Å². The maximum absolute atomic E-state index is 7.08. The molecule has 3 heteroatoms. The lowest BCUT2D eigenvalue weighted by molar-refractivity contribution is 0.114. The van der Waals surface area contributed by atoms with Gasteiger partial charge in [-0.15, -0.1) is 0 Å². The minimum atomic E-state index is 0.209. The normalized spacial score (nSPS) is 33.8. The smallest absolute Gasteiger partial charge is 0.188 e. The second kappa shape index (κ2) is 1.90. The Kier molecular flexibility index (Phi) is 1.35. The molecule has 1 heterocycles. The molecule has 0 amide bonds. The van der Waals surface area contributed by atoms with Crippen LogP contribution in [-0.2, 0) is 0 Å². The molecule has 0 aromatic carbocycles. The Balaban J connectivity index is 2.42. The molecule has 0 aliphatic carbocycles. The average Bonchev–Trinajstić information content (AvgIpc) is 1.81. The van der Waals surface area contributed by atoms with E-state index in [2.05, 4.69) is 13.8 Å². The zero-order valence-corrected chi connectivity index (χ0v) is 5.89. The summed E-state index contributed by atoms with van der Waals surface area (Å²) in [5, 5.41) is 7.08. The average molecular weight is 127 g/mol. The van der Waals surface area contributed by atoms with Crippen molar-refractivity contribution >= 4 is 5.96 Å². The van der Waals surface area contributed by atoms with Crippen LogP contribution in [0.5, 0.6) is 0 Å². The lowest BCUT2D eigenvalue weighted by Gasteiger charge is -2.45. The molecule has 9 heavy (non-hydrogen) atoms. The van der Waals surface area contributed by atoms with Gasteiger partial charge in [0.2, 0.25) is 0 Å².